The molecule has 0 fully saturated rings. The maximum atomic E-state index is 11.9. The average molecular weight is 292 g/mol. The van der Waals surface area contributed by atoms with E-state index in [0.717, 1.165) is 0 Å². The number of rotatable bonds is 6. The fraction of sp³-hybridized carbons (Fsp3) is 0.500. The van der Waals surface area contributed by atoms with Crippen LogP contribution in [0.4, 0.5) is 0 Å². The number of benzene rings is 1. The number of hydrogen-bond donors (Lipinski definition) is 2. The third-order valence-electron chi connectivity index (χ3n) is 2.63. The van der Waals surface area contributed by atoms with Crippen molar-refractivity contribution in [3.63, 3.8) is 0 Å². The van der Waals surface area contributed by atoms with Crippen molar-refractivity contribution in [2.75, 3.05) is 6.54 Å². The lowest BCUT2D eigenvalue weighted by molar-refractivity contribution is 0.118. The summed E-state index contributed by atoms with van der Waals surface area (Å²) in [5.41, 5.74) is 0. The zero-order chi connectivity index (χ0) is 13.8. The van der Waals surface area contributed by atoms with Gasteiger partial charge in [0.15, 0.2) is 0 Å². The lowest BCUT2D eigenvalue weighted by Crippen LogP contribution is -2.28. The number of sulfonamides is 1. The number of aliphatic hydroxyl groups is 1. The summed E-state index contributed by atoms with van der Waals surface area (Å²) in [6, 6.07) is 5.95. The van der Waals surface area contributed by atoms with Gasteiger partial charge in [0, 0.05) is 11.6 Å². The number of aliphatic hydroxyl groups excluding tert-OH is 1. The fourth-order valence-electron chi connectivity index (χ4n) is 1.37. The molecule has 0 aliphatic heterocycles. The van der Waals surface area contributed by atoms with Crippen LogP contribution in [0.5, 0.6) is 0 Å². The highest BCUT2D eigenvalue weighted by molar-refractivity contribution is 7.89. The Morgan fingerprint density at radius 3 is 2.33 bits per heavy atom. The summed E-state index contributed by atoms with van der Waals surface area (Å²) in [5.74, 6) is 0.116. The first kappa shape index (κ1) is 15.4. The van der Waals surface area contributed by atoms with Gasteiger partial charge in [-0.3, -0.25) is 0 Å². The summed E-state index contributed by atoms with van der Waals surface area (Å²) in [6.45, 7) is 3.99. The molecule has 0 saturated heterocycles. The first-order chi connectivity index (χ1) is 8.33. The Bertz CT molecular complexity index is 471. The molecule has 1 rings (SSSR count). The minimum Gasteiger partial charge on any atom is -0.393 e. The van der Waals surface area contributed by atoms with E-state index in [4.69, 9.17) is 11.6 Å². The third-order valence-corrected chi connectivity index (χ3v) is 4.35. The normalized spacial score (nSPS) is 13.8. The molecule has 2 N–H and O–H groups in total. The second-order valence-electron chi connectivity index (χ2n) is 4.45. The first-order valence-electron chi connectivity index (χ1n) is 5.76. The van der Waals surface area contributed by atoms with Crippen LogP contribution >= 0.6 is 11.6 Å². The lowest BCUT2D eigenvalue weighted by Gasteiger charge is -2.14. The van der Waals surface area contributed by atoms with Crippen molar-refractivity contribution in [3.05, 3.63) is 29.3 Å². The van der Waals surface area contributed by atoms with Crippen molar-refractivity contribution in [1.29, 1.82) is 0 Å². The lowest BCUT2D eigenvalue weighted by atomic mass is 10.1. The minimum atomic E-state index is -3.52. The summed E-state index contributed by atoms with van der Waals surface area (Å²) in [4.78, 5) is 0.172. The zero-order valence-electron chi connectivity index (χ0n) is 10.4. The van der Waals surface area contributed by atoms with Crippen LogP contribution < -0.4 is 4.72 Å². The van der Waals surface area contributed by atoms with E-state index in [-0.39, 0.29) is 17.4 Å². The standard InChI is InChI=1S/C12H18ClNO3S/c1-9(2)12(15)7-8-14-18(16,17)11-5-3-10(13)4-6-11/h3-6,9,12,14-15H,7-8H2,1-2H3. The summed E-state index contributed by atoms with van der Waals surface area (Å²) < 4.78 is 26.2. The fourth-order valence-corrected chi connectivity index (χ4v) is 2.55. The molecule has 0 radical (unpaired) electrons. The van der Waals surface area contributed by atoms with Gasteiger partial charge < -0.3 is 5.11 Å². The smallest absolute Gasteiger partial charge is 0.240 e. The molecule has 0 aliphatic carbocycles. The Hall–Kier alpha value is -0.620. The van der Waals surface area contributed by atoms with Crippen LogP contribution in [0.25, 0.3) is 0 Å². The van der Waals surface area contributed by atoms with Crippen molar-refractivity contribution in [3.8, 4) is 0 Å². The van der Waals surface area contributed by atoms with Gasteiger partial charge in [-0.1, -0.05) is 25.4 Å². The van der Waals surface area contributed by atoms with Gasteiger partial charge in [0.05, 0.1) is 11.0 Å². The molecule has 6 heteroatoms. The molecule has 1 aromatic carbocycles. The van der Waals surface area contributed by atoms with Gasteiger partial charge in [0.25, 0.3) is 0 Å². The van der Waals surface area contributed by atoms with E-state index < -0.39 is 16.1 Å². The van der Waals surface area contributed by atoms with E-state index in [1.807, 2.05) is 13.8 Å². The SMILES string of the molecule is CC(C)C(O)CCNS(=O)(=O)c1ccc(Cl)cc1. The molecule has 0 saturated carbocycles. The highest BCUT2D eigenvalue weighted by Crippen LogP contribution is 2.14. The first-order valence-corrected chi connectivity index (χ1v) is 7.62. The topological polar surface area (TPSA) is 66.4 Å². The molecule has 0 aromatic heterocycles. The van der Waals surface area contributed by atoms with Crippen molar-refractivity contribution >= 4 is 21.6 Å². The molecule has 1 unspecified atom stereocenters. The third kappa shape index (κ3) is 4.57. The molecule has 0 aliphatic rings. The second-order valence-corrected chi connectivity index (χ2v) is 6.66. The van der Waals surface area contributed by atoms with Crippen LogP contribution in [0.1, 0.15) is 20.3 Å². The molecule has 102 valence electrons. The summed E-state index contributed by atoms with van der Waals surface area (Å²) >= 11 is 5.69. The van der Waals surface area contributed by atoms with Gasteiger partial charge in [0.2, 0.25) is 10.0 Å². The Morgan fingerprint density at radius 2 is 1.83 bits per heavy atom. The Balaban J connectivity index is 2.58. The van der Waals surface area contributed by atoms with Crippen molar-refractivity contribution in [2.45, 2.75) is 31.3 Å². The molecule has 0 heterocycles. The quantitative estimate of drug-likeness (QED) is 0.843. The maximum Gasteiger partial charge on any atom is 0.240 e. The number of halogens is 1. The van der Waals surface area contributed by atoms with Gasteiger partial charge in [0.1, 0.15) is 0 Å². The highest BCUT2D eigenvalue weighted by Gasteiger charge is 2.15. The average Bonchev–Trinajstić information content (AvgIpc) is 2.29. The van der Waals surface area contributed by atoms with Crippen LogP contribution in [0, 0.1) is 5.92 Å². The van der Waals surface area contributed by atoms with Gasteiger partial charge >= 0.3 is 0 Å². The van der Waals surface area contributed by atoms with Crippen LogP contribution in [0.2, 0.25) is 5.02 Å². The van der Waals surface area contributed by atoms with Crippen molar-refractivity contribution < 1.29 is 13.5 Å². The maximum absolute atomic E-state index is 11.9. The highest BCUT2D eigenvalue weighted by atomic mass is 35.5. The van der Waals surface area contributed by atoms with Crippen LogP contribution in [-0.4, -0.2) is 26.2 Å². The molecule has 1 atom stereocenters. The van der Waals surface area contributed by atoms with E-state index in [9.17, 15) is 13.5 Å². The summed E-state index contributed by atoms with van der Waals surface area (Å²) in [6.07, 6.45) is -0.109. The predicted octanol–water partition coefficient (Wildman–Crippen LogP) is 2.03. The van der Waals surface area contributed by atoms with E-state index in [1.54, 1.807) is 0 Å². The van der Waals surface area contributed by atoms with E-state index >= 15 is 0 Å². The van der Waals surface area contributed by atoms with Crippen molar-refractivity contribution in [1.82, 2.24) is 4.72 Å². The van der Waals surface area contributed by atoms with E-state index in [0.29, 0.717) is 11.4 Å². The van der Waals surface area contributed by atoms with Gasteiger partial charge in [-0.15, -0.1) is 0 Å². The molecule has 4 nitrogen and oxygen atoms in total. The molecule has 0 amide bonds. The van der Waals surface area contributed by atoms with Gasteiger partial charge in [-0.2, -0.15) is 0 Å². The van der Waals surface area contributed by atoms with Crippen LogP contribution in [0.15, 0.2) is 29.2 Å². The van der Waals surface area contributed by atoms with E-state index in [1.165, 1.54) is 24.3 Å². The predicted molar refractivity (Wildman–Crippen MR) is 72.1 cm³/mol. The Morgan fingerprint density at radius 1 is 1.28 bits per heavy atom. The molecule has 1 aromatic rings. The monoisotopic (exact) mass is 291 g/mol. The van der Waals surface area contributed by atoms with Crippen molar-refractivity contribution in [2.24, 2.45) is 5.92 Å². The van der Waals surface area contributed by atoms with Gasteiger partial charge in [-0.05, 0) is 36.6 Å². The molecular weight excluding hydrogens is 274 g/mol. The number of nitrogens with one attached hydrogen (secondary N) is 1. The Kier molecular flexibility index (Phi) is 5.59. The Labute approximate surface area is 113 Å². The van der Waals surface area contributed by atoms with E-state index in [2.05, 4.69) is 4.72 Å². The molecule has 0 bridgehead atoms. The summed E-state index contributed by atoms with van der Waals surface area (Å²) in [7, 11) is -3.52. The summed E-state index contributed by atoms with van der Waals surface area (Å²) in [5, 5.41) is 10.1. The molecule has 0 spiro atoms. The molecule has 18 heavy (non-hydrogen) atoms. The largest absolute Gasteiger partial charge is 0.393 e. The number of hydrogen-bond acceptors (Lipinski definition) is 3. The van der Waals surface area contributed by atoms with Crippen LogP contribution in [0.3, 0.4) is 0 Å². The zero-order valence-corrected chi connectivity index (χ0v) is 12.0. The minimum absolute atomic E-state index is 0.116. The van der Waals surface area contributed by atoms with Gasteiger partial charge in [-0.25, -0.2) is 13.1 Å². The second kappa shape index (κ2) is 6.52. The molecular formula is C12H18ClNO3S. The van der Waals surface area contributed by atoms with Crippen LogP contribution in [-0.2, 0) is 10.0 Å².